The molecule has 0 radical (unpaired) electrons. The summed E-state index contributed by atoms with van der Waals surface area (Å²) in [4.78, 5) is 31.3. The number of amides is 2. The third kappa shape index (κ3) is 4.94. The standard InChI is InChI=1S/C25H24FN3O3/c1-17(32-22-4-2-3-21(26)16-22)25(31)29-14-13-28-24(30)23(29)15-18-5-7-19(8-6-18)20-9-11-27-12-10-20/h2-12,16-17,23H,13-15H2,1H3,(H,28,30)/t17-,23-/m0/s1. The van der Waals surface area contributed by atoms with Gasteiger partial charge in [-0.2, -0.15) is 0 Å². The Hall–Kier alpha value is -3.74. The van der Waals surface area contributed by atoms with Gasteiger partial charge in [0, 0.05) is 38.0 Å². The van der Waals surface area contributed by atoms with Crippen molar-refractivity contribution >= 4 is 11.8 Å². The predicted octanol–water partition coefficient (Wildman–Crippen LogP) is 3.22. The summed E-state index contributed by atoms with van der Waals surface area (Å²) in [5, 5.41) is 2.84. The average Bonchev–Trinajstić information content (AvgIpc) is 2.81. The number of rotatable bonds is 6. The van der Waals surface area contributed by atoms with Crippen LogP contribution in [-0.4, -0.2) is 46.9 Å². The van der Waals surface area contributed by atoms with Crippen LogP contribution in [0.25, 0.3) is 11.1 Å². The van der Waals surface area contributed by atoms with Gasteiger partial charge in [0.1, 0.15) is 17.6 Å². The lowest BCUT2D eigenvalue weighted by molar-refractivity contribution is -0.147. The van der Waals surface area contributed by atoms with Crippen LogP contribution in [0.15, 0.2) is 73.1 Å². The third-order valence-electron chi connectivity index (χ3n) is 5.47. The normalized spacial score (nSPS) is 16.9. The van der Waals surface area contributed by atoms with Gasteiger partial charge in [0.25, 0.3) is 5.91 Å². The van der Waals surface area contributed by atoms with Crippen molar-refractivity contribution in [3.63, 3.8) is 0 Å². The maximum atomic E-state index is 13.4. The van der Waals surface area contributed by atoms with Crippen LogP contribution < -0.4 is 10.1 Å². The van der Waals surface area contributed by atoms with Gasteiger partial charge in [-0.05, 0) is 47.9 Å². The number of hydrogen-bond donors (Lipinski definition) is 1. The number of carbonyl (C=O) groups excluding carboxylic acids is 2. The second-order valence-electron chi connectivity index (χ2n) is 7.69. The SMILES string of the molecule is C[C@H](Oc1cccc(F)c1)C(=O)N1CCNC(=O)[C@@H]1Cc1ccc(-c2ccncc2)cc1. The first-order valence-electron chi connectivity index (χ1n) is 10.5. The number of ether oxygens (including phenoxy) is 1. The zero-order chi connectivity index (χ0) is 22.5. The number of carbonyl (C=O) groups is 2. The fraction of sp³-hybridized carbons (Fsp3) is 0.240. The van der Waals surface area contributed by atoms with Crippen molar-refractivity contribution in [2.24, 2.45) is 0 Å². The largest absolute Gasteiger partial charge is 0.481 e. The molecule has 0 spiro atoms. The van der Waals surface area contributed by atoms with E-state index in [1.165, 1.54) is 18.2 Å². The number of nitrogens with one attached hydrogen (secondary N) is 1. The maximum absolute atomic E-state index is 13.4. The van der Waals surface area contributed by atoms with Crippen molar-refractivity contribution in [3.8, 4) is 16.9 Å². The predicted molar refractivity (Wildman–Crippen MR) is 118 cm³/mol. The van der Waals surface area contributed by atoms with E-state index in [1.54, 1.807) is 30.3 Å². The highest BCUT2D eigenvalue weighted by Crippen LogP contribution is 2.21. The zero-order valence-electron chi connectivity index (χ0n) is 17.7. The first-order chi connectivity index (χ1) is 15.5. The third-order valence-corrected chi connectivity index (χ3v) is 5.47. The summed E-state index contributed by atoms with van der Waals surface area (Å²) < 4.78 is 19.1. The summed E-state index contributed by atoms with van der Waals surface area (Å²) >= 11 is 0. The number of nitrogens with zero attached hydrogens (tertiary/aromatic N) is 2. The van der Waals surface area contributed by atoms with E-state index in [9.17, 15) is 14.0 Å². The smallest absolute Gasteiger partial charge is 0.264 e. The van der Waals surface area contributed by atoms with E-state index >= 15 is 0 Å². The van der Waals surface area contributed by atoms with Crippen LogP contribution in [0, 0.1) is 5.82 Å². The van der Waals surface area contributed by atoms with E-state index in [4.69, 9.17) is 4.74 Å². The molecule has 0 bridgehead atoms. The molecule has 0 unspecified atom stereocenters. The van der Waals surface area contributed by atoms with E-state index in [2.05, 4.69) is 10.3 Å². The summed E-state index contributed by atoms with van der Waals surface area (Å²) in [6.45, 7) is 2.39. The van der Waals surface area contributed by atoms with Crippen LogP contribution in [0.1, 0.15) is 12.5 Å². The minimum atomic E-state index is -0.848. The van der Waals surface area contributed by atoms with Gasteiger partial charge in [-0.3, -0.25) is 14.6 Å². The maximum Gasteiger partial charge on any atom is 0.264 e. The fourth-order valence-electron chi connectivity index (χ4n) is 3.81. The Bertz CT molecular complexity index is 1090. The van der Waals surface area contributed by atoms with Crippen molar-refractivity contribution < 1.29 is 18.7 Å². The Morgan fingerprint density at radius 2 is 1.88 bits per heavy atom. The van der Waals surface area contributed by atoms with E-state index < -0.39 is 18.0 Å². The van der Waals surface area contributed by atoms with Gasteiger partial charge in [-0.25, -0.2) is 4.39 Å². The highest BCUT2D eigenvalue weighted by atomic mass is 19.1. The number of benzene rings is 2. The molecule has 2 aromatic carbocycles. The van der Waals surface area contributed by atoms with Gasteiger partial charge < -0.3 is 15.0 Å². The molecule has 1 aromatic heterocycles. The Morgan fingerprint density at radius 3 is 2.59 bits per heavy atom. The molecule has 2 atom stereocenters. The van der Waals surface area contributed by atoms with Gasteiger partial charge in [-0.1, -0.05) is 30.3 Å². The second kappa shape index (κ2) is 9.60. The van der Waals surface area contributed by atoms with Crippen molar-refractivity contribution in [1.82, 2.24) is 15.2 Å². The summed E-state index contributed by atoms with van der Waals surface area (Å²) in [6, 6.07) is 16.8. The molecule has 7 heteroatoms. The summed E-state index contributed by atoms with van der Waals surface area (Å²) in [5.41, 5.74) is 3.05. The molecule has 0 saturated carbocycles. The van der Waals surface area contributed by atoms with Crippen LogP contribution >= 0.6 is 0 Å². The number of hydrogen-bond acceptors (Lipinski definition) is 4. The molecule has 1 N–H and O–H groups in total. The number of piperazine rings is 1. The minimum Gasteiger partial charge on any atom is -0.481 e. The van der Waals surface area contributed by atoms with Crippen molar-refractivity contribution in [1.29, 1.82) is 0 Å². The molecule has 1 saturated heterocycles. The first-order valence-corrected chi connectivity index (χ1v) is 10.5. The lowest BCUT2D eigenvalue weighted by atomic mass is 9.99. The van der Waals surface area contributed by atoms with Gasteiger partial charge in [0.05, 0.1) is 0 Å². The Labute approximate surface area is 186 Å². The molecule has 32 heavy (non-hydrogen) atoms. The van der Waals surface area contributed by atoms with Crippen LogP contribution in [0.5, 0.6) is 5.75 Å². The van der Waals surface area contributed by atoms with E-state index in [0.29, 0.717) is 19.5 Å². The zero-order valence-corrected chi connectivity index (χ0v) is 17.7. The Balaban J connectivity index is 1.47. The molecule has 0 aliphatic carbocycles. The molecule has 1 aliphatic heterocycles. The van der Waals surface area contributed by atoms with Gasteiger partial charge >= 0.3 is 0 Å². The molecular formula is C25H24FN3O3. The number of pyridine rings is 1. The van der Waals surface area contributed by atoms with Gasteiger partial charge in [-0.15, -0.1) is 0 Å². The minimum absolute atomic E-state index is 0.194. The van der Waals surface area contributed by atoms with Gasteiger partial charge in [0.15, 0.2) is 6.10 Å². The molecule has 6 nitrogen and oxygen atoms in total. The van der Waals surface area contributed by atoms with Crippen LogP contribution in [0.4, 0.5) is 4.39 Å². The topological polar surface area (TPSA) is 71.5 Å². The summed E-state index contributed by atoms with van der Waals surface area (Å²) in [6.07, 6.45) is 3.03. The molecule has 2 heterocycles. The second-order valence-corrected chi connectivity index (χ2v) is 7.69. The Morgan fingerprint density at radius 1 is 1.16 bits per heavy atom. The van der Waals surface area contributed by atoms with Gasteiger partial charge in [0.2, 0.25) is 5.91 Å². The van der Waals surface area contributed by atoms with E-state index in [-0.39, 0.29) is 17.6 Å². The molecule has 3 aromatic rings. The van der Waals surface area contributed by atoms with Crippen molar-refractivity contribution in [2.45, 2.75) is 25.5 Å². The molecular weight excluding hydrogens is 409 g/mol. The molecule has 2 amide bonds. The lowest BCUT2D eigenvalue weighted by Crippen LogP contribution is -2.60. The van der Waals surface area contributed by atoms with Crippen molar-refractivity contribution in [2.75, 3.05) is 13.1 Å². The van der Waals surface area contributed by atoms with Crippen molar-refractivity contribution in [3.05, 3.63) is 84.4 Å². The van der Waals surface area contributed by atoms with Crippen LogP contribution in [-0.2, 0) is 16.0 Å². The number of aromatic nitrogens is 1. The molecule has 1 fully saturated rings. The van der Waals surface area contributed by atoms with Crippen LogP contribution in [0.3, 0.4) is 0 Å². The molecule has 4 rings (SSSR count). The lowest BCUT2D eigenvalue weighted by Gasteiger charge is -2.36. The van der Waals surface area contributed by atoms with E-state index in [0.717, 1.165) is 16.7 Å². The quantitative estimate of drug-likeness (QED) is 0.648. The highest BCUT2D eigenvalue weighted by molar-refractivity contribution is 5.90. The average molecular weight is 433 g/mol. The fourth-order valence-corrected chi connectivity index (χ4v) is 3.81. The monoisotopic (exact) mass is 433 g/mol. The first kappa shape index (κ1) is 21.5. The molecule has 1 aliphatic rings. The highest BCUT2D eigenvalue weighted by Gasteiger charge is 2.35. The Kier molecular flexibility index (Phi) is 6.44. The van der Waals surface area contributed by atoms with Crippen LogP contribution in [0.2, 0.25) is 0 Å². The number of halogens is 1. The van der Waals surface area contributed by atoms with E-state index in [1.807, 2.05) is 36.4 Å². The summed E-state index contributed by atoms with van der Waals surface area (Å²) in [7, 11) is 0. The summed E-state index contributed by atoms with van der Waals surface area (Å²) in [5.74, 6) is -0.661. The molecule has 164 valence electrons.